The quantitative estimate of drug-likeness (QED) is 0.437. The molecular formula is C31H41NO3. The molecule has 0 aliphatic heterocycles. The molecule has 1 amide bonds. The standard InChI is InChI=1S/C31H41NO3/c1-21(2)23-9-13-26-24(19-23)10-15-28-30(3,17-6-18-31(26,28)4)20-32-29(34)16-14-27(33)22-7-11-25(35-5)12-8-22/h7-9,11-13,19,21,28H,6,10,14-18,20H2,1-5H3,(H,32,34). The average Bonchev–Trinajstić information content (AvgIpc) is 2.85. The number of ketones is 1. The van der Waals surface area contributed by atoms with Gasteiger partial charge in [-0.1, -0.05) is 52.3 Å². The largest absolute Gasteiger partial charge is 0.497 e. The van der Waals surface area contributed by atoms with Gasteiger partial charge in [-0.25, -0.2) is 0 Å². The summed E-state index contributed by atoms with van der Waals surface area (Å²) in [7, 11) is 1.60. The number of methoxy groups -OCH3 is 1. The number of Topliss-reactive ketones (excluding diaryl/α,β-unsaturated/α-hetero) is 1. The molecule has 2 aliphatic rings. The second-order valence-electron chi connectivity index (χ2n) is 11.5. The van der Waals surface area contributed by atoms with Crippen molar-refractivity contribution >= 4 is 11.7 Å². The van der Waals surface area contributed by atoms with Crippen LogP contribution in [-0.4, -0.2) is 25.3 Å². The van der Waals surface area contributed by atoms with Gasteiger partial charge in [0.25, 0.3) is 0 Å². The van der Waals surface area contributed by atoms with E-state index in [9.17, 15) is 9.59 Å². The molecule has 1 fully saturated rings. The molecule has 1 saturated carbocycles. The molecule has 3 unspecified atom stereocenters. The van der Waals surface area contributed by atoms with E-state index in [-0.39, 0.29) is 35.4 Å². The van der Waals surface area contributed by atoms with Crippen molar-refractivity contribution in [3.05, 3.63) is 64.7 Å². The van der Waals surface area contributed by atoms with Gasteiger partial charge < -0.3 is 10.1 Å². The molecule has 2 aromatic rings. The van der Waals surface area contributed by atoms with Crippen LogP contribution < -0.4 is 10.1 Å². The van der Waals surface area contributed by atoms with Gasteiger partial charge in [0.05, 0.1) is 7.11 Å². The fourth-order valence-corrected chi connectivity index (χ4v) is 6.75. The summed E-state index contributed by atoms with van der Waals surface area (Å²) in [6.07, 6.45) is 6.28. The van der Waals surface area contributed by atoms with E-state index in [2.05, 4.69) is 51.2 Å². The normalized spacial score (nSPS) is 25.5. The topological polar surface area (TPSA) is 55.4 Å². The molecule has 0 bridgehead atoms. The third-order valence-corrected chi connectivity index (χ3v) is 8.85. The van der Waals surface area contributed by atoms with Gasteiger partial charge in [0, 0.05) is 24.9 Å². The summed E-state index contributed by atoms with van der Waals surface area (Å²) in [5, 5.41) is 3.21. The maximum atomic E-state index is 12.7. The first-order valence-electron chi connectivity index (χ1n) is 13.2. The van der Waals surface area contributed by atoms with Crippen LogP contribution in [0.25, 0.3) is 0 Å². The van der Waals surface area contributed by atoms with Crippen LogP contribution in [0.4, 0.5) is 0 Å². The van der Waals surface area contributed by atoms with Crippen LogP contribution in [0.1, 0.15) is 99.2 Å². The van der Waals surface area contributed by atoms with Crippen LogP contribution in [0.3, 0.4) is 0 Å². The molecule has 188 valence electrons. The Bertz CT molecular complexity index is 1070. The second kappa shape index (κ2) is 10.2. The molecule has 0 heterocycles. The minimum atomic E-state index is -0.0295. The lowest BCUT2D eigenvalue weighted by molar-refractivity contribution is -0.122. The number of hydrogen-bond donors (Lipinski definition) is 1. The monoisotopic (exact) mass is 475 g/mol. The molecular weight excluding hydrogens is 434 g/mol. The van der Waals surface area contributed by atoms with Crippen LogP contribution in [0, 0.1) is 11.3 Å². The van der Waals surface area contributed by atoms with Gasteiger partial charge in [-0.05, 0) is 89.3 Å². The van der Waals surface area contributed by atoms with E-state index < -0.39 is 0 Å². The zero-order valence-corrected chi connectivity index (χ0v) is 22.1. The Hall–Kier alpha value is -2.62. The molecule has 0 saturated heterocycles. The summed E-state index contributed by atoms with van der Waals surface area (Å²) < 4.78 is 5.15. The van der Waals surface area contributed by atoms with E-state index in [0.717, 1.165) is 18.6 Å². The Morgan fingerprint density at radius 2 is 1.80 bits per heavy atom. The third kappa shape index (κ3) is 5.17. The zero-order chi connectivity index (χ0) is 25.2. The first kappa shape index (κ1) is 25.5. The van der Waals surface area contributed by atoms with E-state index >= 15 is 0 Å². The number of aryl methyl sites for hydroxylation is 1. The van der Waals surface area contributed by atoms with Gasteiger partial charge in [0.1, 0.15) is 5.75 Å². The molecule has 35 heavy (non-hydrogen) atoms. The Morgan fingerprint density at radius 1 is 1.06 bits per heavy atom. The van der Waals surface area contributed by atoms with Crippen LogP contribution >= 0.6 is 0 Å². The fraction of sp³-hybridized carbons (Fsp3) is 0.548. The SMILES string of the molecule is COc1ccc(C(=O)CCC(=O)NCC2(C)CCCC3(C)c4ccc(C(C)C)cc4CCC23)cc1. The lowest BCUT2D eigenvalue weighted by Gasteiger charge is -2.55. The summed E-state index contributed by atoms with van der Waals surface area (Å²) >= 11 is 0. The third-order valence-electron chi connectivity index (χ3n) is 8.85. The highest BCUT2D eigenvalue weighted by molar-refractivity contribution is 5.98. The van der Waals surface area contributed by atoms with Gasteiger partial charge in [0.2, 0.25) is 5.91 Å². The van der Waals surface area contributed by atoms with Crippen molar-refractivity contribution in [3.63, 3.8) is 0 Å². The van der Waals surface area contributed by atoms with Gasteiger partial charge in [-0.15, -0.1) is 0 Å². The maximum Gasteiger partial charge on any atom is 0.220 e. The molecule has 2 aliphatic carbocycles. The first-order chi connectivity index (χ1) is 16.7. The zero-order valence-electron chi connectivity index (χ0n) is 22.1. The number of ether oxygens (including phenoxy) is 1. The predicted octanol–water partition coefficient (Wildman–Crippen LogP) is 6.61. The molecule has 0 spiro atoms. The van der Waals surface area contributed by atoms with E-state index in [1.54, 1.807) is 31.4 Å². The Morgan fingerprint density at radius 3 is 2.49 bits per heavy atom. The Balaban J connectivity index is 1.38. The van der Waals surface area contributed by atoms with Crippen LogP contribution in [0.5, 0.6) is 5.75 Å². The lowest BCUT2D eigenvalue weighted by atomic mass is 9.49. The van der Waals surface area contributed by atoms with Crippen molar-refractivity contribution in [2.24, 2.45) is 11.3 Å². The number of fused-ring (bicyclic) bond motifs is 3. The van der Waals surface area contributed by atoms with Crippen molar-refractivity contribution in [1.29, 1.82) is 0 Å². The summed E-state index contributed by atoms with van der Waals surface area (Å²) in [5.41, 5.74) is 5.33. The first-order valence-corrected chi connectivity index (χ1v) is 13.2. The Labute approximate surface area is 210 Å². The van der Waals surface area contributed by atoms with Gasteiger partial charge in [-0.2, -0.15) is 0 Å². The summed E-state index contributed by atoms with van der Waals surface area (Å²) in [4.78, 5) is 25.2. The number of carbonyl (C=O) groups excluding carboxylic acids is 2. The maximum absolute atomic E-state index is 12.7. The second-order valence-corrected chi connectivity index (χ2v) is 11.5. The van der Waals surface area contributed by atoms with Gasteiger partial charge >= 0.3 is 0 Å². The summed E-state index contributed by atoms with van der Waals surface area (Å²) in [6, 6.07) is 14.2. The number of nitrogens with one attached hydrogen (secondary N) is 1. The average molecular weight is 476 g/mol. The van der Waals surface area contributed by atoms with Crippen molar-refractivity contribution < 1.29 is 14.3 Å². The van der Waals surface area contributed by atoms with E-state index in [1.165, 1.54) is 36.0 Å². The number of rotatable bonds is 8. The number of benzene rings is 2. The highest BCUT2D eigenvalue weighted by Crippen LogP contribution is 2.57. The van der Waals surface area contributed by atoms with Gasteiger partial charge in [0.15, 0.2) is 5.78 Å². The number of hydrogen-bond acceptors (Lipinski definition) is 3. The predicted molar refractivity (Wildman–Crippen MR) is 141 cm³/mol. The van der Waals surface area contributed by atoms with E-state index in [1.807, 2.05) is 0 Å². The number of carbonyl (C=O) groups is 2. The molecule has 3 atom stereocenters. The minimum Gasteiger partial charge on any atom is -0.497 e. The summed E-state index contributed by atoms with van der Waals surface area (Å²) in [6.45, 7) is 10.0. The molecule has 4 rings (SSSR count). The highest BCUT2D eigenvalue weighted by atomic mass is 16.5. The Kier molecular flexibility index (Phi) is 7.40. The highest BCUT2D eigenvalue weighted by Gasteiger charge is 2.51. The van der Waals surface area contributed by atoms with Crippen LogP contribution in [0.15, 0.2) is 42.5 Å². The van der Waals surface area contributed by atoms with Crippen LogP contribution in [0.2, 0.25) is 0 Å². The molecule has 2 aromatic carbocycles. The molecule has 1 N–H and O–H groups in total. The van der Waals surface area contributed by atoms with Crippen molar-refractivity contribution in [1.82, 2.24) is 5.32 Å². The van der Waals surface area contributed by atoms with Crippen LogP contribution in [-0.2, 0) is 16.6 Å². The number of amides is 1. The molecule has 0 aromatic heterocycles. The molecule has 4 nitrogen and oxygen atoms in total. The molecule has 0 radical (unpaired) electrons. The van der Waals surface area contributed by atoms with Crippen molar-refractivity contribution in [2.75, 3.05) is 13.7 Å². The van der Waals surface area contributed by atoms with E-state index in [0.29, 0.717) is 23.9 Å². The van der Waals surface area contributed by atoms with Gasteiger partial charge in [-0.3, -0.25) is 9.59 Å². The van der Waals surface area contributed by atoms with Crippen molar-refractivity contribution in [3.8, 4) is 5.75 Å². The van der Waals surface area contributed by atoms with E-state index in [4.69, 9.17) is 4.74 Å². The molecule has 4 heteroatoms. The smallest absolute Gasteiger partial charge is 0.220 e. The van der Waals surface area contributed by atoms with Crippen molar-refractivity contribution in [2.45, 2.75) is 84.0 Å². The minimum absolute atomic E-state index is 0.0103. The lowest BCUT2D eigenvalue weighted by Crippen LogP contribution is -2.53. The summed E-state index contributed by atoms with van der Waals surface area (Å²) in [5.74, 6) is 1.77. The fourth-order valence-electron chi connectivity index (χ4n) is 6.75.